The number of aromatic nitrogens is 1. The highest BCUT2D eigenvalue weighted by atomic mass is 32.2. The van der Waals surface area contributed by atoms with Crippen LogP contribution in [0.3, 0.4) is 0 Å². The molecular formula is C10H16N2O3S. The SMILES string of the molecule is CCCSCc1conc1OC(=O)N(C)C. The van der Waals surface area contributed by atoms with Gasteiger partial charge in [0.15, 0.2) is 0 Å². The predicted molar refractivity (Wildman–Crippen MR) is 62.7 cm³/mol. The van der Waals surface area contributed by atoms with Gasteiger partial charge in [0.2, 0.25) is 0 Å². The van der Waals surface area contributed by atoms with E-state index in [2.05, 4.69) is 12.1 Å². The molecule has 0 radical (unpaired) electrons. The predicted octanol–water partition coefficient (Wildman–Crippen LogP) is 2.38. The molecule has 0 atom stereocenters. The number of carbonyl (C=O) groups excluding carboxylic acids is 1. The van der Waals surface area contributed by atoms with Gasteiger partial charge in [-0.25, -0.2) is 4.79 Å². The van der Waals surface area contributed by atoms with Crippen LogP contribution in [0.2, 0.25) is 0 Å². The highest BCUT2D eigenvalue weighted by molar-refractivity contribution is 7.98. The first-order chi connectivity index (χ1) is 7.65. The van der Waals surface area contributed by atoms with Gasteiger partial charge in [-0.3, -0.25) is 0 Å². The van der Waals surface area contributed by atoms with E-state index in [1.807, 2.05) is 0 Å². The van der Waals surface area contributed by atoms with Crippen molar-refractivity contribution in [3.63, 3.8) is 0 Å². The van der Waals surface area contributed by atoms with Crippen molar-refractivity contribution in [2.75, 3.05) is 19.8 Å². The molecule has 16 heavy (non-hydrogen) atoms. The highest BCUT2D eigenvalue weighted by Crippen LogP contribution is 2.22. The zero-order valence-corrected chi connectivity index (χ0v) is 10.5. The molecule has 6 heteroatoms. The summed E-state index contributed by atoms with van der Waals surface area (Å²) in [7, 11) is 3.24. The Morgan fingerprint density at radius 3 is 3.00 bits per heavy atom. The summed E-state index contributed by atoms with van der Waals surface area (Å²) in [5.41, 5.74) is 0.814. The van der Waals surface area contributed by atoms with Gasteiger partial charge in [-0.15, -0.1) is 0 Å². The summed E-state index contributed by atoms with van der Waals surface area (Å²) in [4.78, 5) is 12.7. The van der Waals surface area contributed by atoms with Crippen LogP contribution < -0.4 is 4.74 Å². The third-order valence-electron chi connectivity index (χ3n) is 1.76. The average Bonchev–Trinajstić information content (AvgIpc) is 2.66. The van der Waals surface area contributed by atoms with Crippen molar-refractivity contribution in [2.45, 2.75) is 19.1 Å². The molecule has 1 aromatic heterocycles. The Morgan fingerprint density at radius 1 is 1.62 bits per heavy atom. The third kappa shape index (κ3) is 3.77. The van der Waals surface area contributed by atoms with Gasteiger partial charge < -0.3 is 14.2 Å². The number of rotatable bonds is 5. The topological polar surface area (TPSA) is 55.6 Å². The molecule has 5 nitrogen and oxygen atoms in total. The Kier molecular flexibility index (Phi) is 5.18. The van der Waals surface area contributed by atoms with Gasteiger partial charge in [0, 0.05) is 19.8 Å². The fraction of sp³-hybridized carbons (Fsp3) is 0.600. The Morgan fingerprint density at radius 2 is 2.38 bits per heavy atom. The van der Waals surface area contributed by atoms with Crippen LogP contribution in [0.1, 0.15) is 18.9 Å². The first-order valence-corrected chi connectivity index (χ1v) is 6.20. The van der Waals surface area contributed by atoms with Crippen molar-refractivity contribution in [1.29, 1.82) is 0 Å². The Balaban J connectivity index is 2.53. The minimum atomic E-state index is -0.448. The molecule has 1 amide bonds. The molecule has 0 saturated heterocycles. The van der Waals surface area contributed by atoms with E-state index in [1.54, 1.807) is 25.9 Å². The fourth-order valence-electron chi connectivity index (χ4n) is 0.927. The van der Waals surface area contributed by atoms with Crippen LogP contribution in [0.25, 0.3) is 0 Å². The number of carbonyl (C=O) groups is 1. The van der Waals surface area contributed by atoms with Gasteiger partial charge in [-0.2, -0.15) is 11.8 Å². The number of hydrogen-bond donors (Lipinski definition) is 0. The summed E-state index contributed by atoms with van der Waals surface area (Å²) in [6, 6.07) is 0. The van der Waals surface area contributed by atoms with Crippen molar-refractivity contribution in [1.82, 2.24) is 10.1 Å². The molecule has 0 aromatic carbocycles. The number of nitrogens with zero attached hydrogens (tertiary/aromatic N) is 2. The van der Waals surface area contributed by atoms with Gasteiger partial charge in [0.1, 0.15) is 6.26 Å². The second kappa shape index (κ2) is 6.42. The van der Waals surface area contributed by atoms with Gasteiger partial charge in [-0.1, -0.05) is 6.92 Å². The summed E-state index contributed by atoms with van der Waals surface area (Å²) in [6.45, 7) is 2.12. The molecule has 0 aliphatic carbocycles. The maximum absolute atomic E-state index is 11.3. The zero-order chi connectivity index (χ0) is 12.0. The largest absolute Gasteiger partial charge is 0.416 e. The smallest absolute Gasteiger partial charge is 0.387 e. The number of amides is 1. The maximum atomic E-state index is 11.3. The van der Waals surface area contributed by atoms with Crippen LogP contribution in [0, 0.1) is 0 Å². The average molecular weight is 244 g/mol. The minimum absolute atomic E-state index is 0.266. The molecule has 1 rings (SSSR count). The monoisotopic (exact) mass is 244 g/mol. The van der Waals surface area contributed by atoms with Crippen LogP contribution >= 0.6 is 11.8 Å². The van der Waals surface area contributed by atoms with E-state index in [9.17, 15) is 4.79 Å². The Bertz CT molecular complexity index is 339. The lowest BCUT2D eigenvalue weighted by Crippen LogP contribution is -2.25. The summed E-state index contributed by atoms with van der Waals surface area (Å²) in [6.07, 6.45) is 2.18. The van der Waals surface area contributed by atoms with E-state index in [1.165, 1.54) is 11.2 Å². The normalized spacial score (nSPS) is 10.2. The molecule has 0 saturated carbocycles. The van der Waals surface area contributed by atoms with E-state index in [-0.39, 0.29) is 5.88 Å². The Labute approximate surface area is 99.1 Å². The molecule has 0 aliphatic heterocycles. The van der Waals surface area contributed by atoms with Crippen molar-refractivity contribution >= 4 is 17.9 Å². The summed E-state index contributed by atoms with van der Waals surface area (Å²) in [5, 5.41) is 3.66. The van der Waals surface area contributed by atoms with Crippen LogP contribution in [-0.4, -0.2) is 36.0 Å². The Hall–Kier alpha value is -1.17. The van der Waals surface area contributed by atoms with E-state index in [0.717, 1.165) is 23.5 Å². The molecule has 0 aliphatic rings. The minimum Gasteiger partial charge on any atom is -0.387 e. The molecule has 1 heterocycles. The van der Waals surface area contributed by atoms with Gasteiger partial charge in [0.05, 0.1) is 5.56 Å². The maximum Gasteiger partial charge on any atom is 0.416 e. The second-order valence-electron chi connectivity index (χ2n) is 3.46. The lowest BCUT2D eigenvalue weighted by molar-refractivity contribution is 0.167. The van der Waals surface area contributed by atoms with Crippen molar-refractivity contribution in [2.24, 2.45) is 0 Å². The molecule has 0 unspecified atom stereocenters. The molecule has 0 N–H and O–H groups in total. The van der Waals surface area contributed by atoms with Gasteiger partial charge in [0.25, 0.3) is 5.88 Å². The molecular weight excluding hydrogens is 228 g/mol. The first-order valence-electron chi connectivity index (χ1n) is 5.05. The standard InChI is InChI=1S/C10H16N2O3S/c1-4-5-16-7-8-6-14-11-9(8)15-10(13)12(2)3/h6H,4-5,7H2,1-3H3. The van der Waals surface area contributed by atoms with Crippen LogP contribution in [-0.2, 0) is 5.75 Å². The lowest BCUT2D eigenvalue weighted by Gasteiger charge is -2.09. The zero-order valence-electron chi connectivity index (χ0n) is 9.73. The lowest BCUT2D eigenvalue weighted by atomic mass is 10.4. The summed E-state index contributed by atoms with van der Waals surface area (Å²) in [5.74, 6) is 2.07. The molecule has 0 spiro atoms. The van der Waals surface area contributed by atoms with Gasteiger partial charge >= 0.3 is 6.09 Å². The summed E-state index contributed by atoms with van der Waals surface area (Å²) < 4.78 is 9.84. The van der Waals surface area contributed by atoms with E-state index in [4.69, 9.17) is 9.26 Å². The fourth-order valence-corrected chi connectivity index (χ4v) is 1.77. The number of ether oxygens (including phenoxy) is 1. The summed E-state index contributed by atoms with van der Waals surface area (Å²) >= 11 is 1.76. The third-order valence-corrected chi connectivity index (χ3v) is 2.97. The molecule has 0 fully saturated rings. The van der Waals surface area contributed by atoms with Crippen LogP contribution in [0.5, 0.6) is 5.88 Å². The second-order valence-corrected chi connectivity index (χ2v) is 4.57. The quantitative estimate of drug-likeness (QED) is 0.744. The number of thioether (sulfide) groups is 1. The van der Waals surface area contributed by atoms with Crippen molar-refractivity contribution < 1.29 is 14.1 Å². The number of hydrogen-bond acceptors (Lipinski definition) is 5. The molecule has 1 aromatic rings. The van der Waals surface area contributed by atoms with Crippen molar-refractivity contribution in [3.05, 3.63) is 11.8 Å². The first kappa shape index (κ1) is 12.9. The van der Waals surface area contributed by atoms with Crippen LogP contribution in [0.4, 0.5) is 4.79 Å². The van der Waals surface area contributed by atoms with Crippen molar-refractivity contribution in [3.8, 4) is 5.88 Å². The van der Waals surface area contributed by atoms with E-state index < -0.39 is 6.09 Å². The molecule has 90 valence electrons. The highest BCUT2D eigenvalue weighted by Gasteiger charge is 2.14. The molecule has 0 bridgehead atoms. The van der Waals surface area contributed by atoms with Gasteiger partial charge in [-0.05, 0) is 17.3 Å². The van der Waals surface area contributed by atoms with E-state index >= 15 is 0 Å². The van der Waals surface area contributed by atoms with E-state index in [0.29, 0.717) is 0 Å². The van der Waals surface area contributed by atoms with Crippen LogP contribution in [0.15, 0.2) is 10.8 Å².